The predicted octanol–water partition coefficient (Wildman–Crippen LogP) is 3.01. The molecule has 0 aliphatic carbocycles. The molecule has 0 atom stereocenters. The number of amides is 2. The number of halogens is 1. The van der Waals surface area contributed by atoms with Gasteiger partial charge in [-0.1, -0.05) is 24.3 Å². The second-order valence-corrected chi connectivity index (χ2v) is 6.71. The molecule has 0 fully saturated rings. The minimum absolute atomic E-state index is 0. The van der Waals surface area contributed by atoms with Crippen molar-refractivity contribution in [2.75, 3.05) is 33.8 Å². The van der Waals surface area contributed by atoms with Gasteiger partial charge in [0.05, 0.1) is 17.7 Å². The first kappa shape index (κ1) is 23.7. The molecule has 0 saturated carbocycles. The monoisotopic (exact) mass is 522 g/mol. The summed E-state index contributed by atoms with van der Waals surface area (Å²) in [6.07, 6.45) is 0. The molecule has 3 rings (SSSR count). The molecule has 2 aromatic carbocycles. The van der Waals surface area contributed by atoms with Crippen molar-refractivity contribution in [3.05, 3.63) is 65.2 Å². The van der Waals surface area contributed by atoms with E-state index in [9.17, 15) is 9.59 Å². The van der Waals surface area contributed by atoms with Gasteiger partial charge in [0, 0.05) is 33.7 Å². The van der Waals surface area contributed by atoms with Crippen molar-refractivity contribution in [2.45, 2.75) is 13.5 Å². The molecule has 0 aromatic heterocycles. The molecule has 1 N–H and O–H groups in total. The zero-order valence-electron chi connectivity index (χ0n) is 17.4. The van der Waals surface area contributed by atoms with Gasteiger partial charge in [-0.15, -0.1) is 24.0 Å². The minimum Gasteiger partial charge on any atom is -0.494 e. The Kier molecular flexibility index (Phi) is 8.64. The third-order valence-corrected chi connectivity index (χ3v) is 4.72. The van der Waals surface area contributed by atoms with Crippen LogP contribution >= 0.6 is 24.0 Å². The number of benzene rings is 2. The van der Waals surface area contributed by atoms with E-state index in [1.54, 1.807) is 31.3 Å². The standard InChI is InChI=1S/C22H26N4O3.HI/c1-4-29-17-11-9-16(10-12-17)15-25(3)22(23-2)24-13-14-26-20(27)18-7-5-6-8-19(18)21(26)28;/h5-12H,4,13-15H2,1-3H3,(H,23,24);1H. The number of nitrogens with one attached hydrogen (secondary N) is 1. The normalized spacial score (nSPS) is 13.0. The van der Waals surface area contributed by atoms with Gasteiger partial charge in [0.15, 0.2) is 5.96 Å². The highest BCUT2D eigenvalue weighted by molar-refractivity contribution is 14.0. The maximum atomic E-state index is 12.4. The number of rotatable bonds is 7. The van der Waals surface area contributed by atoms with Crippen LogP contribution in [0.5, 0.6) is 5.75 Å². The summed E-state index contributed by atoms with van der Waals surface area (Å²) in [5, 5.41) is 3.22. The Bertz CT molecular complexity index is 880. The highest BCUT2D eigenvalue weighted by Gasteiger charge is 2.34. The van der Waals surface area contributed by atoms with Crippen molar-refractivity contribution < 1.29 is 14.3 Å². The van der Waals surface area contributed by atoms with Crippen LogP contribution < -0.4 is 10.1 Å². The predicted molar refractivity (Wildman–Crippen MR) is 128 cm³/mol. The average molecular weight is 522 g/mol. The van der Waals surface area contributed by atoms with Gasteiger partial charge in [-0.2, -0.15) is 0 Å². The number of imide groups is 1. The minimum atomic E-state index is -0.245. The van der Waals surface area contributed by atoms with Gasteiger partial charge in [-0.25, -0.2) is 0 Å². The van der Waals surface area contributed by atoms with Crippen LogP contribution in [-0.2, 0) is 6.54 Å². The topological polar surface area (TPSA) is 74.2 Å². The van der Waals surface area contributed by atoms with Gasteiger partial charge in [0.1, 0.15) is 5.75 Å². The molecule has 0 radical (unpaired) electrons. The number of carbonyl (C=O) groups is 2. The number of guanidine groups is 1. The van der Waals surface area contributed by atoms with Crippen LogP contribution in [0.15, 0.2) is 53.5 Å². The van der Waals surface area contributed by atoms with Gasteiger partial charge in [0.2, 0.25) is 0 Å². The summed E-state index contributed by atoms with van der Waals surface area (Å²) in [5.41, 5.74) is 2.06. The summed E-state index contributed by atoms with van der Waals surface area (Å²) in [5.74, 6) is 1.05. The fourth-order valence-corrected chi connectivity index (χ4v) is 3.31. The zero-order chi connectivity index (χ0) is 20.8. The zero-order valence-corrected chi connectivity index (χ0v) is 19.8. The molecule has 0 spiro atoms. The number of carbonyl (C=O) groups excluding carboxylic acids is 2. The lowest BCUT2D eigenvalue weighted by Crippen LogP contribution is -2.43. The van der Waals surface area contributed by atoms with Crippen LogP contribution in [0, 0.1) is 0 Å². The fraction of sp³-hybridized carbons (Fsp3) is 0.318. The molecule has 2 amide bonds. The Morgan fingerprint density at radius 2 is 1.67 bits per heavy atom. The second-order valence-electron chi connectivity index (χ2n) is 6.71. The summed E-state index contributed by atoms with van der Waals surface area (Å²) >= 11 is 0. The van der Waals surface area contributed by atoms with E-state index in [1.165, 1.54) is 4.90 Å². The number of ether oxygens (including phenoxy) is 1. The van der Waals surface area contributed by atoms with E-state index < -0.39 is 0 Å². The Hall–Kier alpha value is -2.62. The first-order valence-electron chi connectivity index (χ1n) is 9.64. The maximum absolute atomic E-state index is 12.4. The van der Waals surface area contributed by atoms with Crippen molar-refractivity contribution in [3.63, 3.8) is 0 Å². The summed E-state index contributed by atoms with van der Waals surface area (Å²) in [6.45, 7) is 3.97. The molecular formula is C22H27IN4O3. The summed E-state index contributed by atoms with van der Waals surface area (Å²) in [4.78, 5) is 32.4. The van der Waals surface area contributed by atoms with E-state index in [0.29, 0.717) is 36.8 Å². The lowest BCUT2D eigenvalue weighted by atomic mass is 10.1. The molecule has 8 heteroatoms. The van der Waals surface area contributed by atoms with Crippen molar-refractivity contribution in [3.8, 4) is 5.75 Å². The van der Waals surface area contributed by atoms with Gasteiger partial charge >= 0.3 is 0 Å². The first-order chi connectivity index (χ1) is 14.0. The number of nitrogens with zero attached hydrogens (tertiary/aromatic N) is 3. The van der Waals surface area contributed by atoms with Crippen molar-refractivity contribution in [1.29, 1.82) is 0 Å². The molecule has 0 saturated heterocycles. The maximum Gasteiger partial charge on any atom is 0.261 e. The van der Waals surface area contributed by atoms with Gasteiger partial charge in [0.25, 0.3) is 11.8 Å². The van der Waals surface area contributed by atoms with E-state index in [4.69, 9.17) is 4.74 Å². The van der Waals surface area contributed by atoms with Crippen molar-refractivity contribution in [2.24, 2.45) is 4.99 Å². The van der Waals surface area contributed by atoms with E-state index in [1.807, 2.05) is 43.1 Å². The molecule has 0 bridgehead atoms. The largest absolute Gasteiger partial charge is 0.494 e. The summed E-state index contributed by atoms with van der Waals surface area (Å²) in [7, 11) is 3.65. The van der Waals surface area contributed by atoms with Crippen LogP contribution in [0.25, 0.3) is 0 Å². The number of hydrogen-bond acceptors (Lipinski definition) is 4. The van der Waals surface area contributed by atoms with Gasteiger partial charge in [-0.3, -0.25) is 19.5 Å². The van der Waals surface area contributed by atoms with Gasteiger partial charge in [-0.05, 0) is 36.8 Å². The number of aliphatic imine (C=N–C) groups is 1. The van der Waals surface area contributed by atoms with Crippen LogP contribution in [0.4, 0.5) is 0 Å². The highest BCUT2D eigenvalue weighted by Crippen LogP contribution is 2.21. The Morgan fingerprint density at radius 3 is 2.20 bits per heavy atom. The average Bonchev–Trinajstić information content (AvgIpc) is 2.97. The summed E-state index contributed by atoms with van der Waals surface area (Å²) < 4.78 is 5.47. The Morgan fingerprint density at radius 1 is 1.07 bits per heavy atom. The van der Waals surface area contributed by atoms with Crippen LogP contribution in [-0.4, -0.2) is 61.4 Å². The van der Waals surface area contributed by atoms with E-state index in [-0.39, 0.29) is 42.3 Å². The Labute approximate surface area is 194 Å². The SMILES string of the molecule is CCOc1ccc(CN(C)C(=NC)NCCN2C(=O)c3ccccc3C2=O)cc1.I. The van der Waals surface area contributed by atoms with Crippen LogP contribution in [0.3, 0.4) is 0 Å². The molecule has 1 heterocycles. The highest BCUT2D eigenvalue weighted by atomic mass is 127. The van der Waals surface area contributed by atoms with Crippen molar-refractivity contribution in [1.82, 2.24) is 15.1 Å². The van der Waals surface area contributed by atoms with Gasteiger partial charge < -0.3 is 15.0 Å². The third-order valence-electron chi connectivity index (χ3n) is 4.72. The van der Waals surface area contributed by atoms with E-state index >= 15 is 0 Å². The fourth-order valence-electron chi connectivity index (χ4n) is 3.31. The molecule has 30 heavy (non-hydrogen) atoms. The smallest absolute Gasteiger partial charge is 0.261 e. The number of hydrogen-bond donors (Lipinski definition) is 1. The van der Waals surface area contributed by atoms with Crippen LogP contribution in [0.2, 0.25) is 0 Å². The van der Waals surface area contributed by atoms with E-state index in [0.717, 1.165) is 11.3 Å². The number of fused-ring (bicyclic) bond motifs is 1. The molecule has 160 valence electrons. The van der Waals surface area contributed by atoms with Crippen molar-refractivity contribution >= 4 is 41.8 Å². The lowest BCUT2D eigenvalue weighted by molar-refractivity contribution is 0.0657. The Balaban J connectivity index is 0.00000320. The molecule has 2 aromatic rings. The third kappa shape index (κ3) is 5.29. The second kappa shape index (κ2) is 11.0. The lowest BCUT2D eigenvalue weighted by Gasteiger charge is -2.23. The molecule has 0 unspecified atom stereocenters. The molecule has 1 aliphatic rings. The molecule has 1 aliphatic heterocycles. The molecule has 7 nitrogen and oxygen atoms in total. The quantitative estimate of drug-likeness (QED) is 0.262. The molecular weight excluding hydrogens is 495 g/mol. The van der Waals surface area contributed by atoms with Crippen LogP contribution in [0.1, 0.15) is 33.2 Å². The summed E-state index contributed by atoms with van der Waals surface area (Å²) in [6, 6.07) is 14.9. The van der Waals surface area contributed by atoms with E-state index in [2.05, 4.69) is 10.3 Å². The first-order valence-corrected chi connectivity index (χ1v) is 9.64.